The zero-order chi connectivity index (χ0) is 26.6. The second kappa shape index (κ2) is 11.3. The standard InChI is InChI=1S/C29H34N6O4/c36-28(32-22-3-5-23(6-4-22)33-11-1-2-12-33)34-13-9-21(10-14-34)27-25-8-7-24(19-26(25)30-20-31-27)38-17-15-35-16-18-39-29(35)37/h3-8,19-21H,1-2,9-18H2,(H,32,36). The number of carbonyl (C=O) groups excluding carboxylic acids is 2. The summed E-state index contributed by atoms with van der Waals surface area (Å²) >= 11 is 0. The van der Waals surface area contributed by atoms with E-state index in [4.69, 9.17) is 9.47 Å². The van der Waals surface area contributed by atoms with Gasteiger partial charge in [-0.05, 0) is 62.1 Å². The molecule has 0 bridgehead atoms. The maximum absolute atomic E-state index is 12.9. The first-order valence-corrected chi connectivity index (χ1v) is 13.8. The minimum atomic E-state index is -0.287. The van der Waals surface area contributed by atoms with Crippen LogP contribution in [0.2, 0.25) is 0 Å². The van der Waals surface area contributed by atoms with Gasteiger partial charge in [-0.3, -0.25) is 0 Å². The van der Waals surface area contributed by atoms with E-state index < -0.39 is 0 Å². The Kier molecular flexibility index (Phi) is 7.33. The number of cyclic esters (lactones) is 1. The van der Waals surface area contributed by atoms with E-state index in [1.807, 2.05) is 35.2 Å². The normalized spacial score (nSPS) is 18.1. The van der Waals surface area contributed by atoms with Gasteiger partial charge in [0.05, 0.1) is 24.3 Å². The van der Waals surface area contributed by atoms with Crippen molar-refractivity contribution >= 4 is 34.4 Å². The first-order chi connectivity index (χ1) is 19.1. The van der Waals surface area contributed by atoms with Crippen LogP contribution in [0.4, 0.5) is 21.0 Å². The molecule has 204 valence electrons. The van der Waals surface area contributed by atoms with Crippen molar-refractivity contribution in [3.8, 4) is 5.75 Å². The van der Waals surface area contributed by atoms with Gasteiger partial charge in [0.15, 0.2) is 0 Å². The van der Waals surface area contributed by atoms with Gasteiger partial charge in [0.2, 0.25) is 0 Å². The summed E-state index contributed by atoms with van der Waals surface area (Å²) in [5.41, 5.74) is 3.89. The van der Waals surface area contributed by atoms with E-state index in [-0.39, 0.29) is 18.0 Å². The average molecular weight is 531 g/mol. The van der Waals surface area contributed by atoms with Crippen molar-refractivity contribution < 1.29 is 19.1 Å². The fourth-order valence-corrected chi connectivity index (χ4v) is 5.66. The Morgan fingerprint density at radius 2 is 1.79 bits per heavy atom. The highest BCUT2D eigenvalue weighted by atomic mass is 16.6. The summed E-state index contributed by atoms with van der Waals surface area (Å²) in [5, 5.41) is 4.07. The van der Waals surface area contributed by atoms with Crippen molar-refractivity contribution in [2.45, 2.75) is 31.6 Å². The number of fused-ring (bicyclic) bond motifs is 1. The molecule has 0 spiro atoms. The van der Waals surface area contributed by atoms with E-state index in [9.17, 15) is 9.59 Å². The molecule has 39 heavy (non-hydrogen) atoms. The van der Waals surface area contributed by atoms with Crippen LogP contribution in [0.1, 0.15) is 37.3 Å². The number of ether oxygens (including phenoxy) is 2. The number of urea groups is 1. The number of hydrogen-bond acceptors (Lipinski definition) is 7. The second-order valence-corrected chi connectivity index (χ2v) is 10.3. The maximum Gasteiger partial charge on any atom is 0.410 e. The summed E-state index contributed by atoms with van der Waals surface area (Å²) in [6.45, 7) is 5.48. The Bertz CT molecular complexity index is 1320. The fourth-order valence-electron chi connectivity index (χ4n) is 5.66. The molecule has 10 nitrogen and oxygen atoms in total. The van der Waals surface area contributed by atoms with Crippen LogP contribution < -0.4 is 15.0 Å². The number of aromatic nitrogens is 2. The Morgan fingerprint density at radius 3 is 2.54 bits per heavy atom. The summed E-state index contributed by atoms with van der Waals surface area (Å²) in [6.07, 6.45) is 5.49. The molecule has 0 saturated carbocycles. The predicted octanol–water partition coefficient (Wildman–Crippen LogP) is 4.47. The first kappa shape index (κ1) is 25.2. The van der Waals surface area contributed by atoms with Crippen molar-refractivity contribution in [3.05, 3.63) is 54.5 Å². The van der Waals surface area contributed by atoms with E-state index in [2.05, 4.69) is 32.3 Å². The predicted molar refractivity (Wildman–Crippen MR) is 148 cm³/mol. The maximum atomic E-state index is 12.9. The number of nitrogens with one attached hydrogen (secondary N) is 1. The molecular formula is C29H34N6O4. The molecule has 3 amide bonds. The molecule has 0 atom stereocenters. The van der Waals surface area contributed by atoms with Gasteiger partial charge in [-0.1, -0.05) is 0 Å². The minimum Gasteiger partial charge on any atom is -0.492 e. The molecule has 3 aliphatic heterocycles. The van der Waals surface area contributed by atoms with Gasteiger partial charge in [-0.2, -0.15) is 0 Å². The highest BCUT2D eigenvalue weighted by molar-refractivity contribution is 5.89. The Balaban J connectivity index is 1.03. The lowest BCUT2D eigenvalue weighted by molar-refractivity contribution is 0.153. The van der Waals surface area contributed by atoms with Gasteiger partial charge in [-0.15, -0.1) is 0 Å². The van der Waals surface area contributed by atoms with Crippen LogP contribution in [0.3, 0.4) is 0 Å². The van der Waals surface area contributed by atoms with Crippen molar-refractivity contribution in [1.82, 2.24) is 19.8 Å². The van der Waals surface area contributed by atoms with Crippen molar-refractivity contribution in [3.63, 3.8) is 0 Å². The third-order valence-corrected chi connectivity index (χ3v) is 7.87. The van der Waals surface area contributed by atoms with Crippen molar-refractivity contribution in [1.29, 1.82) is 0 Å². The Morgan fingerprint density at radius 1 is 1.00 bits per heavy atom. The molecule has 1 aromatic heterocycles. The van der Waals surface area contributed by atoms with Crippen LogP contribution in [-0.2, 0) is 4.74 Å². The highest BCUT2D eigenvalue weighted by Gasteiger charge is 2.26. The van der Waals surface area contributed by atoms with E-state index in [1.54, 1.807) is 11.2 Å². The largest absolute Gasteiger partial charge is 0.492 e. The Hall–Kier alpha value is -4.08. The molecule has 2 aromatic carbocycles. The molecule has 6 rings (SSSR count). The third-order valence-electron chi connectivity index (χ3n) is 7.87. The first-order valence-electron chi connectivity index (χ1n) is 13.8. The van der Waals surface area contributed by atoms with Gasteiger partial charge in [-0.25, -0.2) is 19.6 Å². The number of benzene rings is 2. The lowest BCUT2D eigenvalue weighted by Crippen LogP contribution is -2.40. The lowest BCUT2D eigenvalue weighted by Gasteiger charge is -2.32. The molecule has 10 heteroatoms. The third kappa shape index (κ3) is 5.69. The van der Waals surface area contributed by atoms with Crippen molar-refractivity contribution in [2.24, 2.45) is 0 Å². The average Bonchev–Trinajstić information content (AvgIpc) is 3.65. The molecule has 3 saturated heterocycles. The fraction of sp³-hybridized carbons (Fsp3) is 0.448. The topological polar surface area (TPSA) is 100 Å². The number of nitrogens with zero attached hydrogens (tertiary/aromatic N) is 5. The summed E-state index contributed by atoms with van der Waals surface area (Å²) in [5.74, 6) is 0.965. The van der Waals surface area contributed by atoms with Crippen LogP contribution in [-0.4, -0.2) is 84.4 Å². The molecule has 3 aromatic rings. The SMILES string of the molecule is O=C(Nc1ccc(N2CCCC2)cc1)N1CCC(c2ncnc3cc(OCCN4CCOC4=O)ccc23)CC1. The van der Waals surface area contributed by atoms with Gasteiger partial charge < -0.3 is 29.5 Å². The number of amides is 3. The molecule has 3 fully saturated rings. The van der Waals surface area contributed by atoms with Gasteiger partial charge in [0.25, 0.3) is 0 Å². The molecule has 3 aliphatic rings. The van der Waals surface area contributed by atoms with Crippen LogP contribution in [0, 0.1) is 0 Å². The number of carbonyl (C=O) groups is 2. The van der Waals surface area contributed by atoms with E-state index in [1.165, 1.54) is 18.5 Å². The zero-order valence-electron chi connectivity index (χ0n) is 22.1. The summed E-state index contributed by atoms with van der Waals surface area (Å²) < 4.78 is 10.8. The quantitative estimate of drug-likeness (QED) is 0.481. The smallest absolute Gasteiger partial charge is 0.410 e. The van der Waals surface area contributed by atoms with Crippen LogP contribution in [0.15, 0.2) is 48.8 Å². The number of rotatable bonds is 7. The van der Waals surface area contributed by atoms with Crippen LogP contribution in [0.5, 0.6) is 5.75 Å². The number of anilines is 2. The second-order valence-electron chi connectivity index (χ2n) is 10.3. The lowest BCUT2D eigenvalue weighted by atomic mass is 9.91. The molecule has 0 radical (unpaired) electrons. The Labute approximate surface area is 227 Å². The molecule has 0 aliphatic carbocycles. The number of likely N-dealkylation sites (tertiary alicyclic amines) is 1. The summed E-state index contributed by atoms with van der Waals surface area (Å²) in [6, 6.07) is 14.0. The number of piperidine rings is 1. The van der Waals surface area contributed by atoms with Gasteiger partial charge in [0, 0.05) is 54.9 Å². The molecule has 4 heterocycles. The van der Waals surface area contributed by atoms with E-state index in [0.717, 1.165) is 48.2 Å². The van der Waals surface area contributed by atoms with E-state index in [0.29, 0.717) is 45.1 Å². The van der Waals surface area contributed by atoms with Crippen molar-refractivity contribution in [2.75, 3.05) is 62.7 Å². The highest BCUT2D eigenvalue weighted by Crippen LogP contribution is 2.32. The monoisotopic (exact) mass is 530 g/mol. The summed E-state index contributed by atoms with van der Waals surface area (Å²) in [4.78, 5) is 39.5. The van der Waals surface area contributed by atoms with Gasteiger partial charge in [0.1, 0.15) is 25.3 Å². The minimum absolute atomic E-state index is 0.0566. The number of hydrogen-bond donors (Lipinski definition) is 1. The zero-order valence-corrected chi connectivity index (χ0v) is 22.1. The summed E-state index contributed by atoms with van der Waals surface area (Å²) in [7, 11) is 0. The van der Waals surface area contributed by atoms with Crippen LogP contribution >= 0.6 is 0 Å². The van der Waals surface area contributed by atoms with Gasteiger partial charge >= 0.3 is 12.1 Å². The molecular weight excluding hydrogens is 496 g/mol. The van der Waals surface area contributed by atoms with Crippen LogP contribution in [0.25, 0.3) is 10.9 Å². The molecule has 0 unspecified atom stereocenters. The molecule has 1 N–H and O–H groups in total. The van der Waals surface area contributed by atoms with E-state index >= 15 is 0 Å².